The highest BCUT2D eigenvalue weighted by Crippen LogP contribution is 2.33. The Morgan fingerprint density at radius 1 is 0.789 bits per heavy atom. The Bertz CT molecular complexity index is 2380. The van der Waals surface area contributed by atoms with Crippen LogP contribution in [0.4, 0.5) is 0 Å². The van der Waals surface area contributed by atoms with Gasteiger partial charge in [0.25, 0.3) is 0 Å². The van der Waals surface area contributed by atoms with Crippen LogP contribution in [0.25, 0.3) is 0 Å². The lowest BCUT2D eigenvalue weighted by Crippen LogP contribution is -2.57. The Hall–Kier alpha value is -6.10. The number of H-pyrrole nitrogens is 1. The molecule has 1 aromatic heterocycles. The number of rotatable bonds is 29. The Morgan fingerprint density at radius 2 is 1.42 bits per heavy atom. The fourth-order valence-electron chi connectivity index (χ4n) is 9.19. The molecule has 6 rings (SSSR count). The van der Waals surface area contributed by atoms with Gasteiger partial charge in [0.05, 0.1) is 38.1 Å². The zero-order valence-corrected chi connectivity index (χ0v) is 42.3. The van der Waals surface area contributed by atoms with Crippen molar-refractivity contribution in [2.75, 3.05) is 39.5 Å². The summed E-state index contributed by atoms with van der Waals surface area (Å²) in [5.74, 6) is -2.63. The number of aromatic nitrogens is 3. The number of aryl methyl sites for hydroxylation is 1. The van der Waals surface area contributed by atoms with E-state index in [2.05, 4.69) is 26.0 Å². The second-order valence-electron chi connectivity index (χ2n) is 20.4. The minimum Gasteiger partial charge on any atom is -0.483 e. The van der Waals surface area contributed by atoms with Crippen molar-refractivity contribution >= 4 is 35.1 Å². The lowest BCUT2D eigenvalue weighted by atomic mass is 9.87. The van der Waals surface area contributed by atoms with Crippen molar-refractivity contribution in [1.29, 1.82) is 0 Å². The van der Waals surface area contributed by atoms with Crippen molar-refractivity contribution in [3.63, 3.8) is 0 Å². The molecule has 0 unspecified atom stereocenters. The number of amides is 2. The summed E-state index contributed by atoms with van der Waals surface area (Å²) < 4.78 is 23.3. The minimum absolute atomic E-state index is 0.00838. The third-order valence-corrected chi connectivity index (χ3v) is 13.3. The highest BCUT2D eigenvalue weighted by molar-refractivity contribution is 5.98. The molecule has 0 aliphatic carbocycles. The first-order valence-corrected chi connectivity index (χ1v) is 25.2. The van der Waals surface area contributed by atoms with Crippen molar-refractivity contribution in [1.82, 2.24) is 26.0 Å². The van der Waals surface area contributed by atoms with E-state index in [0.717, 1.165) is 16.7 Å². The summed E-state index contributed by atoms with van der Waals surface area (Å²) >= 11 is 0. The molecular formula is C55H73N6O10+. The number of hydrogen-bond acceptors (Lipinski definition) is 12. The molecule has 0 saturated carbocycles. The summed E-state index contributed by atoms with van der Waals surface area (Å²) in [6.45, 7) is 14.3. The number of quaternary nitrogens is 1. The van der Waals surface area contributed by atoms with Gasteiger partial charge in [0, 0.05) is 36.7 Å². The van der Waals surface area contributed by atoms with E-state index in [1.54, 1.807) is 26.1 Å². The monoisotopic (exact) mass is 978 g/mol. The van der Waals surface area contributed by atoms with E-state index in [0.29, 0.717) is 81.1 Å². The summed E-state index contributed by atoms with van der Waals surface area (Å²) in [7, 11) is 0. The maximum atomic E-state index is 14.7. The van der Waals surface area contributed by atoms with Gasteiger partial charge in [-0.25, -0.2) is 0 Å². The van der Waals surface area contributed by atoms with Crippen LogP contribution in [-0.4, -0.2) is 112 Å². The van der Waals surface area contributed by atoms with E-state index >= 15 is 0 Å². The molecule has 3 N–H and O–H groups in total. The van der Waals surface area contributed by atoms with Crippen LogP contribution in [0.2, 0.25) is 0 Å². The van der Waals surface area contributed by atoms with Gasteiger partial charge in [-0.3, -0.25) is 28.8 Å². The van der Waals surface area contributed by atoms with E-state index in [4.69, 9.17) is 18.9 Å². The molecule has 4 aromatic rings. The lowest BCUT2D eigenvalue weighted by molar-refractivity contribution is -0.940. The summed E-state index contributed by atoms with van der Waals surface area (Å²) in [4.78, 5) is 84.0. The van der Waals surface area contributed by atoms with Crippen LogP contribution in [-0.2, 0) is 64.2 Å². The van der Waals surface area contributed by atoms with Gasteiger partial charge in [-0.05, 0) is 80.2 Å². The number of ketones is 3. The molecule has 5 atom stereocenters. The van der Waals surface area contributed by atoms with E-state index in [-0.39, 0.29) is 73.8 Å². The number of nitrogens with zero attached hydrogens (tertiary/aromatic N) is 3. The predicted octanol–water partition coefficient (Wildman–Crippen LogP) is 6.49. The number of epoxide rings is 1. The fraction of sp³-hybridized carbons (Fsp3) is 0.527. The number of nitrogens with one attached hydrogen (secondary N) is 3. The SMILES string of the molecule is CCC(=O)Oc1ccc(C[N+]2(CC(=O)C[C@@H](CCc3ccccc3)C(=O)N[C@@H](CC(C)C)C(=O)C[C@@H](Cc3ccccc3)C(=O)N[C@@H](CC(C)C)C(=O)[C@@]3(C)CO3)CCOCC2)cc1OCc1cn[nH]n1. The zero-order chi connectivity index (χ0) is 51.0. The number of carbonyl (C=O) groups is 6. The highest BCUT2D eigenvalue weighted by atomic mass is 16.6. The van der Waals surface area contributed by atoms with Crippen molar-refractivity contribution in [2.45, 2.75) is 124 Å². The van der Waals surface area contributed by atoms with Crippen molar-refractivity contribution < 1.29 is 52.2 Å². The highest BCUT2D eigenvalue weighted by Gasteiger charge is 2.50. The molecule has 0 radical (unpaired) electrons. The van der Waals surface area contributed by atoms with E-state index in [1.807, 2.05) is 100 Å². The van der Waals surface area contributed by atoms with Crippen LogP contribution >= 0.6 is 0 Å². The molecule has 0 bridgehead atoms. The average molecular weight is 978 g/mol. The first-order chi connectivity index (χ1) is 34.0. The van der Waals surface area contributed by atoms with Gasteiger partial charge in [-0.2, -0.15) is 15.4 Å². The van der Waals surface area contributed by atoms with Gasteiger partial charge in [0.15, 0.2) is 28.8 Å². The molecule has 2 aliphatic heterocycles. The van der Waals surface area contributed by atoms with Gasteiger partial charge in [-0.15, -0.1) is 0 Å². The smallest absolute Gasteiger partial charge is 0.311 e. The third kappa shape index (κ3) is 16.8. The second kappa shape index (κ2) is 25.8. The molecule has 2 saturated heterocycles. The quantitative estimate of drug-likeness (QED) is 0.0231. The van der Waals surface area contributed by atoms with Gasteiger partial charge in [0.2, 0.25) is 11.8 Å². The summed E-state index contributed by atoms with van der Waals surface area (Å²) in [5, 5.41) is 16.6. The fourth-order valence-corrected chi connectivity index (χ4v) is 9.19. The van der Waals surface area contributed by atoms with E-state index in [1.165, 1.54) is 0 Å². The topological polar surface area (TPSA) is 208 Å². The number of Topliss-reactive ketones (excluding diaryl/α,β-unsaturated/α-hetero) is 3. The Kier molecular flexibility index (Phi) is 19.7. The number of hydrogen-bond donors (Lipinski definition) is 3. The maximum absolute atomic E-state index is 14.7. The van der Waals surface area contributed by atoms with E-state index < -0.39 is 47.3 Å². The van der Waals surface area contributed by atoms with Crippen LogP contribution in [0.5, 0.6) is 11.5 Å². The second-order valence-corrected chi connectivity index (χ2v) is 20.4. The summed E-state index contributed by atoms with van der Waals surface area (Å²) in [6, 6.07) is 22.9. The number of morpholine rings is 1. The standard InChI is InChI=1S/C55H72N6O10/c1-7-51(64)71-49-21-19-41(29-50(49)69-35-44-32-56-60-59-44)33-61(22-24-68-25-23-61)34-45(62)30-42(20-18-39-14-10-8-11-15-39)53(66)57-46(26-37(2)3)48(63)31-43(28-40-16-12-9-13-17-40)54(67)58-47(27-38(4)5)52(65)55(6)36-70-55/h8-17,19,21,29,32,37-38,42-43,46-47H,7,18,20,22-28,30-31,33-36H2,1-6H3,(H2-,56,57,58,59,60,66,67)/p+1/t42-,43-,46+,47+,55-/m1/s1. The Morgan fingerprint density at radius 3 is 2.04 bits per heavy atom. The molecule has 16 heteroatoms. The largest absolute Gasteiger partial charge is 0.483 e. The predicted molar refractivity (Wildman–Crippen MR) is 266 cm³/mol. The number of benzene rings is 3. The molecule has 2 fully saturated rings. The molecule has 16 nitrogen and oxygen atoms in total. The van der Waals surface area contributed by atoms with Crippen LogP contribution in [0.3, 0.4) is 0 Å². The Balaban J connectivity index is 1.21. The molecular weight excluding hydrogens is 905 g/mol. The van der Waals surface area contributed by atoms with Crippen LogP contribution < -0.4 is 20.1 Å². The van der Waals surface area contributed by atoms with Crippen LogP contribution in [0.1, 0.15) is 102 Å². The summed E-state index contributed by atoms with van der Waals surface area (Å²) in [6.07, 6.45) is 3.41. The molecule has 2 amide bonds. The van der Waals surface area contributed by atoms with Gasteiger partial charge >= 0.3 is 5.97 Å². The molecule has 2 aliphatic rings. The molecule has 3 heterocycles. The number of esters is 1. The van der Waals surface area contributed by atoms with Crippen molar-refractivity contribution in [3.05, 3.63) is 107 Å². The van der Waals surface area contributed by atoms with Crippen LogP contribution in [0, 0.1) is 23.7 Å². The number of ether oxygens (including phenoxy) is 4. The maximum Gasteiger partial charge on any atom is 0.311 e. The Labute approximate surface area is 417 Å². The number of aromatic amines is 1. The average Bonchev–Trinajstić information content (AvgIpc) is 3.88. The zero-order valence-electron chi connectivity index (χ0n) is 42.3. The van der Waals surface area contributed by atoms with Gasteiger partial charge in [0.1, 0.15) is 44.1 Å². The van der Waals surface area contributed by atoms with Gasteiger partial charge < -0.3 is 34.1 Å². The van der Waals surface area contributed by atoms with E-state index in [9.17, 15) is 28.8 Å². The third-order valence-electron chi connectivity index (χ3n) is 13.3. The van der Waals surface area contributed by atoms with Gasteiger partial charge in [-0.1, -0.05) is 95.3 Å². The van der Waals surface area contributed by atoms with Crippen LogP contribution in [0.15, 0.2) is 85.1 Å². The first-order valence-electron chi connectivity index (χ1n) is 25.2. The molecule has 0 spiro atoms. The molecule has 382 valence electrons. The lowest BCUT2D eigenvalue weighted by Gasteiger charge is -2.41. The van der Waals surface area contributed by atoms with Crippen molar-refractivity contribution in [2.24, 2.45) is 23.7 Å². The van der Waals surface area contributed by atoms with Crippen molar-refractivity contribution in [3.8, 4) is 11.5 Å². The molecule has 71 heavy (non-hydrogen) atoms. The first kappa shape index (κ1) is 54.2. The molecule has 3 aromatic carbocycles. The minimum atomic E-state index is -0.939. The number of carbonyl (C=O) groups excluding carboxylic acids is 6. The normalized spacial score (nSPS) is 17.9. The summed E-state index contributed by atoms with van der Waals surface area (Å²) in [5.41, 5.74) is 2.36.